The number of carbonyl (C=O) groups is 1. The van der Waals surface area contributed by atoms with Crippen molar-refractivity contribution in [1.29, 1.82) is 0 Å². The van der Waals surface area contributed by atoms with Crippen LogP contribution < -0.4 is 0 Å². The molecule has 0 saturated heterocycles. The average molecular weight is 262 g/mol. The number of rotatable bonds is 3. The van der Waals surface area contributed by atoms with Crippen LogP contribution in [0.4, 0.5) is 0 Å². The van der Waals surface area contributed by atoms with Crippen LogP contribution in [0.1, 0.15) is 44.6 Å². The summed E-state index contributed by atoms with van der Waals surface area (Å²) in [4.78, 5) is 12.3. The minimum absolute atomic E-state index is 0.0245. The third-order valence-corrected chi connectivity index (χ3v) is 4.22. The molecular formula is C16H22O3. The van der Waals surface area contributed by atoms with E-state index < -0.39 is 5.41 Å². The molecular weight excluding hydrogens is 240 g/mol. The number of esters is 1. The minimum Gasteiger partial charge on any atom is -0.466 e. The predicted octanol–water partition coefficient (Wildman–Crippen LogP) is 2.88. The number of benzene rings is 1. The van der Waals surface area contributed by atoms with E-state index >= 15 is 0 Å². The van der Waals surface area contributed by atoms with Gasteiger partial charge in [-0.15, -0.1) is 0 Å². The van der Waals surface area contributed by atoms with Crippen molar-refractivity contribution >= 4 is 5.97 Å². The van der Waals surface area contributed by atoms with E-state index in [1.54, 1.807) is 0 Å². The molecule has 3 heteroatoms. The summed E-state index contributed by atoms with van der Waals surface area (Å²) in [5.41, 5.74) is 0.577. The Hall–Kier alpha value is -1.35. The minimum atomic E-state index is -0.531. The first-order valence-corrected chi connectivity index (χ1v) is 6.98. The van der Waals surface area contributed by atoms with E-state index in [4.69, 9.17) is 4.74 Å². The van der Waals surface area contributed by atoms with Crippen molar-refractivity contribution < 1.29 is 14.6 Å². The molecule has 2 rings (SSSR count). The maximum Gasteiger partial charge on any atom is 0.312 e. The zero-order valence-corrected chi connectivity index (χ0v) is 11.6. The van der Waals surface area contributed by atoms with Gasteiger partial charge in [0.2, 0.25) is 0 Å². The molecule has 1 aliphatic carbocycles. The largest absolute Gasteiger partial charge is 0.466 e. The zero-order valence-electron chi connectivity index (χ0n) is 11.6. The molecule has 3 nitrogen and oxygen atoms in total. The molecule has 1 N–H and O–H groups in total. The highest BCUT2D eigenvalue weighted by atomic mass is 16.5. The Balaban J connectivity index is 2.31. The van der Waals surface area contributed by atoms with Crippen LogP contribution >= 0.6 is 0 Å². The molecule has 1 saturated carbocycles. The van der Waals surface area contributed by atoms with Crippen molar-refractivity contribution in [2.45, 2.75) is 45.1 Å². The molecule has 1 aliphatic rings. The van der Waals surface area contributed by atoms with Gasteiger partial charge in [0, 0.05) is 5.92 Å². The highest BCUT2D eigenvalue weighted by molar-refractivity contribution is 5.78. The summed E-state index contributed by atoms with van der Waals surface area (Å²) < 4.78 is 5.25. The SMILES string of the molecule is CCOC(=O)[C@]1(C)CC[C@H](O)C[C@@H]1c1ccccc1. The Morgan fingerprint density at radius 3 is 2.74 bits per heavy atom. The number of ether oxygens (including phenoxy) is 1. The first-order chi connectivity index (χ1) is 9.08. The lowest BCUT2D eigenvalue weighted by Gasteiger charge is -2.41. The van der Waals surface area contributed by atoms with Crippen LogP contribution in [0.25, 0.3) is 0 Å². The molecule has 1 aromatic rings. The topological polar surface area (TPSA) is 46.5 Å². The van der Waals surface area contributed by atoms with Gasteiger partial charge >= 0.3 is 5.97 Å². The Labute approximate surface area is 114 Å². The summed E-state index contributed by atoms with van der Waals surface area (Å²) in [6, 6.07) is 9.97. The van der Waals surface area contributed by atoms with E-state index in [1.165, 1.54) is 0 Å². The third kappa shape index (κ3) is 2.81. The summed E-state index contributed by atoms with van der Waals surface area (Å²) in [6.07, 6.45) is 1.64. The number of carbonyl (C=O) groups excluding carboxylic acids is 1. The molecule has 0 heterocycles. The summed E-state index contributed by atoms with van der Waals surface area (Å²) in [6.45, 7) is 4.20. The van der Waals surface area contributed by atoms with Crippen LogP contribution in [-0.2, 0) is 9.53 Å². The van der Waals surface area contributed by atoms with Gasteiger partial charge in [-0.1, -0.05) is 30.3 Å². The van der Waals surface area contributed by atoms with Gasteiger partial charge in [-0.25, -0.2) is 0 Å². The molecule has 0 radical (unpaired) electrons. The molecule has 0 bridgehead atoms. The molecule has 19 heavy (non-hydrogen) atoms. The van der Waals surface area contributed by atoms with E-state index in [0.717, 1.165) is 5.56 Å². The van der Waals surface area contributed by atoms with Gasteiger partial charge < -0.3 is 9.84 Å². The maximum atomic E-state index is 12.3. The van der Waals surface area contributed by atoms with Crippen LogP contribution in [0.15, 0.2) is 30.3 Å². The fourth-order valence-corrected chi connectivity index (χ4v) is 3.02. The first-order valence-electron chi connectivity index (χ1n) is 6.98. The number of aliphatic hydroxyl groups is 1. The Kier molecular flexibility index (Phi) is 4.25. The molecule has 3 atom stereocenters. The van der Waals surface area contributed by atoms with E-state index in [1.807, 2.05) is 44.2 Å². The van der Waals surface area contributed by atoms with Crippen molar-refractivity contribution in [3.63, 3.8) is 0 Å². The van der Waals surface area contributed by atoms with Gasteiger partial charge in [0.05, 0.1) is 18.1 Å². The normalized spacial score (nSPS) is 30.9. The molecule has 104 valence electrons. The van der Waals surface area contributed by atoms with Crippen molar-refractivity contribution in [2.75, 3.05) is 6.61 Å². The predicted molar refractivity (Wildman–Crippen MR) is 73.8 cm³/mol. The van der Waals surface area contributed by atoms with Gasteiger partial charge in [0.15, 0.2) is 0 Å². The summed E-state index contributed by atoms with van der Waals surface area (Å²) in [5, 5.41) is 9.93. The summed E-state index contributed by atoms with van der Waals surface area (Å²) in [7, 11) is 0. The smallest absolute Gasteiger partial charge is 0.312 e. The van der Waals surface area contributed by atoms with Crippen LogP contribution in [0, 0.1) is 5.41 Å². The number of aliphatic hydroxyl groups excluding tert-OH is 1. The second kappa shape index (κ2) is 5.74. The van der Waals surface area contributed by atoms with Crippen molar-refractivity contribution in [3.8, 4) is 0 Å². The quantitative estimate of drug-likeness (QED) is 0.852. The van der Waals surface area contributed by atoms with Gasteiger partial charge in [-0.2, -0.15) is 0 Å². The van der Waals surface area contributed by atoms with Crippen molar-refractivity contribution in [2.24, 2.45) is 5.41 Å². The lowest BCUT2D eigenvalue weighted by atomic mass is 9.64. The Morgan fingerprint density at radius 1 is 1.42 bits per heavy atom. The zero-order chi connectivity index (χ0) is 13.9. The van der Waals surface area contributed by atoms with E-state index in [-0.39, 0.29) is 18.0 Å². The first kappa shape index (κ1) is 14.1. The van der Waals surface area contributed by atoms with Crippen LogP contribution in [0.5, 0.6) is 0 Å². The standard InChI is InChI=1S/C16H22O3/c1-3-19-15(18)16(2)10-9-13(17)11-14(16)12-7-5-4-6-8-12/h4-8,13-14,17H,3,9-11H2,1-2H3/t13-,14+,16+/m0/s1. The summed E-state index contributed by atoms with van der Waals surface area (Å²) >= 11 is 0. The average Bonchev–Trinajstić information content (AvgIpc) is 2.43. The molecule has 0 unspecified atom stereocenters. The van der Waals surface area contributed by atoms with Crippen LogP contribution in [0.2, 0.25) is 0 Å². The van der Waals surface area contributed by atoms with E-state index in [2.05, 4.69) is 0 Å². The monoisotopic (exact) mass is 262 g/mol. The van der Waals surface area contributed by atoms with Crippen molar-refractivity contribution in [1.82, 2.24) is 0 Å². The highest BCUT2D eigenvalue weighted by Gasteiger charge is 2.46. The molecule has 1 fully saturated rings. The molecule has 0 amide bonds. The molecule has 0 aliphatic heterocycles. The number of hydrogen-bond donors (Lipinski definition) is 1. The summed E-state index contributed by atoms with van der Waals surface area (Å²) in [5.74, 6) is -0.118. The second-order valence-electron chi connectivity index (χ2n) is 5.53. The lowest BCUT2D eigenvalue weighted by molar-refractivity contribution is -0.159. The Morgan fingerprint density at radius 2 is 2.11 bits per heavy atom. The fraction of sp³-hybridized carbons (Fsp3) is 0.562. The second-order valence-corrected chi connectivity index (χ2v) is 5.53. The molecule has 1 aromatic carbocycles. The Bertz CT molecular complexity index is 429. The van der Waals surface area contributed by atoms with Gasteiger partial charge in [0.25, 0.3) is 0 Å². The maximum absolute atomic E-state index is 12.3. The fourth-order valence-electron chi connectivity index (χ4n) is 3.02. The van der Waals surface area contributed by atoms with Gasteiger partial charge in [-0.05, 0) is 38.7 Å². The molecule has 0 aromatic heterocycles. The lowest BCUT2D eigenvalue weighted by Crippen LogP contribution is -2.42. The van der Waals surface area contributed by atoms with E-state index in [9.17, 15) is 9.90 Å². The molecule has 0 spiro atoms. The number of hydrogen-bond acceptors (Lipinski definition) is 3. The van der Waals surface area contributed by atoms with Crippen LogP contribution in [-0.4, -0.2) is 23.8 Å². The van der Waals surface area contributed by atoms with Crippen molar-refractivity contribution in [3.05, 3.63) is 35.9 Å². The van der Waals surface area contributed by atoms with Gasteiger partial charge in [0.1, 0.15) is 0 Å². The van der Waals surface area contributed by atoms with E-state index in [0.29, 0.717) is 25.9 Å². The highest BCUT2D eigenvalue weighted by Crippen LogP contribution is 2.47. The third-order valence-electron chi connectivity index (χ3n) is 4.22. The van der Waals surface area contributed by atoms with Crippen LogP contribution in [0.3, 0.4) is 0 Å². The van der Waals surface area contributed by atoms with Gasteiger partial charge in [-0.3, -0.25) is 4.79 Å².